The van der Waals surface area contributed by atoms with Gasteiger partial charge in [0, 0.05) is 29.6 Å². The summed E-state index contributed by atoms with van der Waals surface area (Å²) >= 11 is 0. The number of halogens is 2. The smallest absolute Gasteiger partial charge is 0.270 e. The van der Waals surface area contributed by atoms with E-state index in [2.05, 4.69) is 20.5 Å². The lowest BCUT2D eigenvalue weighted by Crippen LogP contribution is -2.14. The number of pyridine rings is 1. The number of aromatic nitrogens is 3. The molecule has 0 unspecified atom stereocenters. The largest absolute Gasteiger partial charge is 0.322 e. The fourth-order valence-electron chi connectivity index (χ4n) is 2.52. The summed E-state index contributed by atoms with van der Waals surface area (Å²) < 4.78 is 26.5. The summed E-state index contributed by atoms with van der Waals surface area (Å²) in [4.78, 5) is 16.9. The number of aromatic amines is 1. The van der Waals surface area contributed by atoms with Crippen molar-refractivity contribution in [3.05, 3.63) is 52.8 Å². The van der Waals surface area contributed by atoms with Crippen LogP contribution >= 0.6 is 0 Å². The van der Waals surface area contributed by atoms with Crippen LogP contribution < -0.4 is 5.32 Å². The molecule has 5 nitrogen and oxygen atoms in total. The van der Waals surface area contributed by atoms with E-state index in [-0.39, 0.29) is 11.5 Å². The zero-order chi connectivity index (χ0) is 17.5. The Morgan fingerprint density at radius 2 is 1.88 bits per heavy atom. The Labute approximate surface area is 137 Å². The molecule has 3 aromatic rings. The first kappa shape index (κ1) is 16.0. The maximum atomic E-state index is 13.2. The summed E-state index contributed by atoms with van der Waals surface area (Å²) in [5.41, 5.74) is 2.65. The number of benzene rings is 1. The number of rotatable bonds is 3. The molecule has 0 atom stereocenters. The second kappa shape index (κ2) is 5.67. The molecule has 7 heteroatoms. The van der Waals surface area contributed by atoms with E-state index >= 15 is 0 Å². The molecule has 0 saturated carbocycles. The minimum Gasteiger partial charge on any atom is -0.322 e. The Morgan fingerprint density at radius 3 is 2.50 bits per heavy atom. The number of fused-ring (bicyclic) bond motifs is 1. The lowest BCUT2D eigenvalue weighted by molar-refractivity contribution is 0.0175. The summed E-state index contributed by atoms with van der Waals surface area (Å²) in [6.45, 7) is 4.42. The third kappa shape index (κ3) is 2.97. The molecular weight excluding hydrogens is 314 g/mol. The van der Waals surface area contributed by atoms with Gasteiger partial charge in [-0.25, -0.2) is 13.8 Å². The van der Waals surface area contributed by atoms with Gasteiger partial charge in [-0.1, -0.05) is 12.1 Å². The van der Waals surface area contributed by atoms with Crippen LogP contribution in [0, 0.1) is 13.8 Å². The van der Waals surface area contributed by atoms with E-state index < -0.39 is 5.92 Å². The van der Waals surface area contributed by atoms with Crippen molar-refractivity contribution in [2.45, 2.75) is 26.7 Å². The highest BCUT2D eigenvalue weighted by Gasteiger charge is 2.24. The minimum absolute atomic E-state index is 0.103. The second-order valence-corrected chi connectivity index (χ2v) is 5.78. The first-order valence-electron chi connectivity index (χ1n) is 7.38. The molecule has 2 N–H and O–H groups in total. The van der Waals surface area contributed by atoms with Crippen molar-refractivity contribution in [1.29, 1.82) is 0 Å². The molecule has 1 aromatic carbocycles. The maximum absolute atomic E-state index is 13.2. The second-order valence-electron chi connectivity index (χ2n) is 5.78. The Balaban J connectivity index is 1.92. The number of amides is 1. The van der Waals surface area contributed by atoms with Gasteiger partial charge in [-0.3, -0.25) is 9.89 Å². The molecule has 0 bridgehead atoms. The number of carbonyl (C=O) groups is 1. The van der Waals surface area contributed by atoms with Gasteiger partial charge in [0.05, 0.1) is 10.9 Å². The van der Waals surface area contributed by atoms with Crippen molar-refractivity contribution in [2.75, 3.05) is 5.32 Å². The summed E-state index contributed by atoms with van der Waals surface area (Å²) in [6.07, 6.45) is 0. The third-order valence-electron chi connectivity index (χ3n) is 3.73. The number of anilines is 1. The van der Waals surface area contributed by atoms with Gasteiger partial charge in [-0.2, -0.15) is 5.10 Å². The van der Waals surface area contributed by atoms with Crippen LogP contribution in [0.15, 0.2) is 30.3 Å². The van der Waals surface area contributed by atoms with Crippen molar-refractivity contribution >= 4 is 22.6 Å². The fraction of sp³-hybridized carbons (Fsp3) is 0.235. The van der Waals surface area contributed by atoms with Gasteiger partial charge in [0.25, 0.3) is 11.8 Å². The van der Waals surface area contributed by atoms with E-state index in [0.717, 1.165) is 12.6 Å². The number of aryl methyl sites for hydroxylation is 2. The van der Waals surface area contributed by atoms with Crippen LogP contribution in [-0.2, 0) is 5.92 Å². The van der Waals surface area contributed by atoms with Crippen LogP contribution in [0.3, 0.4) is 0 Å². The van der Waals surface area contributed by atoms with Gasteiger partial charge in [0.1, 0.15) is 0 Å². The Bertz CT molecular complexity index is 911. The van der Waals surface area contributed by atoms with Crippen LogP contribution in [0.2, 0.25) is 0 Å². The van der Waals surface area contributed by atoms with Gasteiger partial charge in [0.15, 0.2) is 5.65 Å². The zero-order valence-electron chi connectivity index (χ0n) is 13.4. The quantitative estimate of drug-likeness (QED) is 0.764. The number of H-pyrrole nitrogens is 1. The summed E-state index contributed by atoms with van der Waals surface area (Å²) in [5.74, 6) is -3.25. The Hall–Kier alpha value is -2.83. The number of hydrogen-bond acceptors (Lipinski definition) is 3. The highest BCUT2D eigenvalue weighted by Crippen LogP contribution is 2.28. The predicted molar refractivity (Wildman–Crippen MR) is 87.3 cm³/mol. The number of alkyl halides is 2. The molecule has 0 spiro atoms. The molecular formula is C17H16F2N4O. The summed E-state index contributed by atoms with van der Waals surface area (Å²) in [6, 6.07) is 7.18. The highest BCUT2D eigenvalue weighted by molar-refractivity contribution is 6.12. The standard InChI is InChI=1S/C17H16F2N4O/c1-9-8-13(14-10(2)22-23-15(14)20-9)16(24)21-12-6-4-11(5-7-12)17(3,18)19/h4-8H,1-3H3,(H,21,24)(H,20,22,23). The van der Waals surface area contributed by atoms with E-state index in [9.17, 15) is 13.6 Å². The normalized spacial score (nSPS) is 11.7. The van der Waals surface area contributed by atoms with Crippen LogP contribution in [0.1, 0.15) is 34.2 Å². The van der Waals surface area contributed by atoms with E-state index in [4.69, 9.17) is 0 Å². The topological polar surface area (TPSA) is 70.7 Å². The summed E-state index contributed by atoms with van der Waals surface area (Å²) in [7, 11) is 0. The molecule has 0 aliphatic rings. The lowest BCUT2D eigenvalue weighted by atomic mass is 10.1. The van der Waals surface area contributed by atoms with Crippen LogP contribution in [0.4, 0.5) is 14.5 Å². The molecule has 2 aromatic heterocycles. The van der Waals surface area contributed by atoms with E-state index in [1.807, 2.05) is 0 Å². The van der Waals surface area contributed by atoms with Gasteiger partial charge in [0.2, 0.25) is 0 Å². The molecule has 24 heavy (non-hydrogen) atoms. The minimum atomic E-state index is -2.91. The van der Waals surface area contributed by atoms with Crippen molar-refractivity contribution in [2.24, 2.45) is 0 Å². The molecule has 0 aliphatic heterocycles. The fourth-order valence-corrected chi connectivity index (χ4v) is 2.52. The van der Waals surface area contributed by atoms with Crippen LogP contribution in [0.25, 0.3) is 11.0 Å². The Kier molecular flexibility index (Phi) is 3.79. The lowest BCUT2D eigenvalue weighted by Gasteiger charge is -2.12. The number of nitrogens with zero attached hydrogens (tertiary/aromatic N) is 2. The maximum Gasteiger partial charge on any atom is 0.270 e. The average Bonchev–Trinajstić information content (AvgIpc) is 2.87. The molecule has 2 heterocycles. The monoisotopic (exact) mass is 330 g/mol. The van der Waals surface area contributed by atoms with Crippen LogP contribution in [-0.4, -0.2) is 21.1 Å². The zero-order valence-corrected chi connectivity index (χ0v) is 13.4. The summed E-state index contributed by atoms with van der Waals surface area (Å²) in [5, 5.41) is 10.2. The number of nitrogens with one attached hydrogen (secondary N) is 2. The Morgan fingerprint density at radius 1 is 1.21 bits per heavy atom. The van der Waals surface area contributed by atoms with Gasteiger partial charge in [-0.15, -0.1) is 0 Å². The van der Waals surface area contributed by atoms with E-state index in [1.165, 1.54) is 24.3 Å². The molecule has 0 aliphatic carbocycles. The van der Waals surface area contributed by atoms with Crippen molar-refractivity contribution < 1.29 is 13.6 Å². The van der Waals surface area contributed by atoms with Crippen molar-refractivity contribution in [1.82, 2.24) is 15.2 Å². The average molecular weight is 330 g/mol. The predicted octanol–water partition coefficient (Wildman–Crippen LogP) is 3.94. The molecule has 0 fully saturated rings. The van der Waals surface area contributed by atoms with Crippen LogP contribution in [0.5, 0.6) is 0 Å². The van der Waals surface area contributed by atoms with Gasteiger partial charge >= 0.3 is 0 Å². The van der Waals surface area contributed by atoms with Crippen molar-refractivity contribution in [3.8, 4) is 0 Å². The molecule has 1 amide bonds. The first-order chi connectivity index (χ1) is 11.3. The molecule has 3 rings (SSSR count). The molecule has 0 saturated heterocycles. The third-order valence-corrected chi connectivity index (χ3v) is 3.73. The van der Waals surface area contributed by atoms with E-state index in [0.29, 0.717) is 28.0 Å². The first-order valence-corrected chi connectivity index (χ1v) is 7.38. The van der Waals surface area contributed by atoms with Gasteiger partial charge in [-0.05, 0) is 32.0 Å². The molecule has 0 radical (unpaired) electrons. The van der Waals surface area contributed by atoms with Crippen molar-refractivity contribution in [3.63, 3.8) is 0 Å². The van der Waals surface area contributed by atoms with E-state index in [1.54, 1.807) is 19.9 Å². The number of hydrogen-bond donors (Lipinski definition) is 2. The number of carbonyl (C=O) groups excluding carboxylic acids is 1. The SMILES string of the molecule is Cc1cc(C(=O)Nc2ccc(C(C)(F)F)cc2)c2c(C)[nH]nc2n1. The molecule has 124 valence electrons. The highest BCUT2D eigenvalue weighted by atomic mass is 19.3. The van der Waals surface area contributed by atoms with Gasteiger partial charge < -0.3 is 5.32 Å².